The number of hydrogen-bond acceptors (Lipinski definition) is 6. The molecule has 1 amide bonds. The molecule has 0 bridgehead atoms. The quantitative estimate of drug-likeness (QED) is 0.560. The van der Waals surface area contributed by atoms with E-state index in [1.54, 1.807) is 44.5 Å². The summed E-state index contributed by atoms with van der Waals surface area (Å²) in [6.07, 6.45) is 3.39. The molecule has 0 aromatic carbocycles. The summed E-state index contributed by atoms with van der Waals surface area (Å²) in [7, 11) is 3.62. The highest BCUT2D eigenvalue weighted by atomic mass is 16.2. The summed E-state index contributed by atoms with van der Waals surface area (Å²) in [5.74, 6) is 1.75. The number of amides is 1. The zero-order valence-electron chi connectivity index (χ0n) is 15.7. The number of fused-ring (bicyclic) bond motifs is 1. The molecule has 4 aromatic heterocycles. The van der Waals surface area contributed by atoms with Crippen molar-refractivity contribution in [3.63, 3.8) is 0 Å². The molecule has 1 aliphatic rings. The summed E-state index contributed by atoms with van der Waals surface area (Å²) in [6, 6.07) is 3.61. The first-order chi connectivity index (χ1) is 13.5. The Morgan fingerprint density at radius 1 is 1.18 bits per heavy atom. The highest BCUT2D eigenvalue weighted by Gasteiger charge is 2.27. The highest BCUT2D eigenvalue weighted by molar-refractivity contribution is 5.94. The van der Waals surface area contributed by atoms with Crippen LogP contribution in [0.1, 0.15) is 16.2 Å². The molecular weight excluding hydrogens is 360 g/mol. The maximum Gasteiger partial charge on any atom is 0.271 e. The number of aromatic amines is 1. The number of H-pyrrole nitrogens is 1. The molecule has 0 atom stereocenters. The van der Waals surface area contributed by atoms with Crippen molar-refractivity contribution in [3.8, 4) is 28.7 Å². The maximum absolute atomic E-state index is 12.5. The molecule has 5 rings (SSSR count). The van der Waals surface area contributed by atoms with Crippen molar-refractivity contribution in [2.75, 3.05) is 13.6 Å². The highest BCUT2D eigenvalue weighted by Crippen LogP contribution is 2.27. The first-order valence-electron chi connectivity index (χ1n) is 8.82. The third-order valence-electron chi connectivity index (χ3n) is 4.91. The van der Waals surface area contributed by atoms with E-state index >= 15 is 0 Å². The van der Waals surface area contributed by atoms with Gasteiger partial charge in [-0.1, -0.05) is 0 Å². The van der Waals surface area contributed by atoms with E-state index in [4.69, 9.17) is 4.98 Å². The smallest absolute Gasteiger partial charge is 0.271 e. The Balaban J connectivity index is 1.70. The first kappa shape index (κ1) is 16.4. The lowest BCUT2D eigenvalue weighted by Gasteiger charge is -2.22. The van der Waals surface area contributed by atoms with Crippen LogP contribution in [0.15, 0.2) is 24.5 Å². The van der Waals surface area contributed by atoms with Crippen molar-refractivity contribution in [2.45, 2.75) is 13.5 Å². The summed E-state index contributed by atoms with van der Waals surface area (Å²) in [5, 5.41) is 20.5. The molecule has 1 aliphatic heterocycles. The second-order valence-corrected chi connectivity index (χ2v) is 6.76. The summed E-state index contributed by atoms with van der Waals surface area (Å²) in [4.78, 5) is 18.9. The van der Waals surface area contributed by atoms with Gasteiger partial charge < -0.3 is 4.90 Å². The van der Waals surface area contributed by atoms with Crippen LogP contribution < -0.4 is 0 Å². The van der Waals surface area contributed by atoms with Gasteiger partial charge in [-0.05, 0) is 6.92 Å². The first-order valence-corrected chi connectivity index (χ1v) is 8.82. The van der Waals surface area contributed by atoms with Gasteiger partial charge in [-0.15, -0.1) is 5.10 Å². The third kappa shape index (κ3) is 2.36. The average Bonchev–Trinajstić information content (AvgIpc) is 3.43. The van der Waals surface area contributed by atoms with Crippen LogP contribution in [0.5, 0.6) is 0 Å². The van der Waals surface area contributed by atoms with Crippen molar-refractivity contribution in [2.24, 2.45) is 7.05 Å². The summed E-state index contributed by atoms with van der Waals surface area (Å²) in [5.41, 5.74) is 2.81. The van der Waals surface area contributed by atoms with Gasteiger partial charge in [-0.25, -0.2) is 4.98 Å². The van der Waals surface area contributed by atoms with Crippen molar-refractivity contribution < 1.29 is 4.79 Å². The number of nitrogens with zero attached hydrogens (tertiary/aromatic N) is 9. The van der Waals surface area contributed by atoms with Gasteiger partial charge in [0, 0.05) is 38.5 Å². The Morgan fingerprint density at radius 2 is 2.04 bits per heavy atom. The third-order valence-corrected chi connectivity index (χ3v) is 4.91. The van der Waals surface area contributed by atoms with Gasteiger partial charge in [0.05, 0.1) is 24.5 Å². The van der Waals surface area contributed by atoms with Crippen LogP contribution >= 0.6 is 0 Å². The Morgan fingerprint density at radius 3 is 2.75 bits per heavy atom. The van der Waals surface area contributed by atoms with Crippen molar-refractivity contribution >= 4 is 5.91 Å². The minimum absolute atomic E-state index is 0.0532. The van der Waals surface area contributed by atoms with Gasteiger partial charge in [0.25, 0.3) is 5.91 Å². The van der Waals surface area contributed by atoms with Crippen LogP contribution in [0.25, 0.3) is 28.7 Å². The zero-order valence-corrected chi connectivity index (χ0v) is 15.7. The van der Waals surface area contributed by atoms with Gasteiger partial charge in [0.1, 0.15) is 11.4 Å². The standard InChI is InChI=1S/C17H18N10O/c1-10-11(9-18-21-10)15-20-16(27(23-15)14-4-5-19-25(14)3)12-8-13-17(28)24(2)6-7-26(13)22-12/h4-5,8-9H,6-7H2,1-3H3,(H,18,21). The number of aromatic nitrogens is 9. The van der Waals surface area contributed by atoms with Crippen molar-refractivity contribution in [3.05, 3.63) is 35.9 Å². The number of rotatable bonds is 3. The van der Waals surface area contributed by atoms with E-state index in [9.17, 15) is 4.79 Å². The second-order valence-electron chi connectivity index (χ2n) is 6.76. The number of hydrogen-bond donors (Lipinski definition) is 1. The van der Waals surface area contributed by atoms with E-state index in [0.717, 1.165) is 17.1 Å². The Labute approximate surface area is 159 Å². The molecule has 0 spiro atoms. The number of carbonyl (C=O) groups excluding carboxylic acids is 1. The fraction of sp³-hybridized carbons (Fsp3) is 0.294. The molecular formula is C17H18N10O. The molecule has 0 saturated carbocycles. The predicted molar refractivity (Wildman–Crippen MR) is 98.6 cm³/mol. The largest absolute Gasteiger partial charge is 0.339 e. The maximum atomic E-state index is 12.5. The number of nitrogens with one attached hydrogen (secondary N) is 1. The minimum Gasteiger partial charge on any atom is -0.339 e. The van der Waals surface area contributed by atoms with Gasteiger partial charge in [0.15, 0.2) is 17.5 Å². The molecule has 1 N–H and O–H groups in total. The molecule has 11 heteroatoms. The molecule has 11 nitrogen and oxygen atoms in total. The molecule has 0 aliphatic carbocycles. The van der Waals surface area contributed by atoms with Crippen molar-refractivity contribution in [1.29, 1.82) is 0 Å². The molecule has 4 aromatic rings. The van der Waals surface area contributed by atoms with Gasteiger partial charge >= 0.3 is 0 Å². The number of aryl methyl sites for hydroxylation is 2. The summed E-state index contributed by atoms with van der Waals surface area (Å²) < 4.78 is 5.12. The predicted octanol–water partition coefficient (Wildman–Crippen LogP) is 0.648. The van der Waals surface area contributed by atoms with E-state index in [2.05, 4.69) is 25.5 Å². The molecule has 0 radical (unpaired) electrons. The van der Waals surface area contributed by atoms with Crippen LogP contribution in [0.3, 0.4) is 0 Å². The lowest BCUT2D eigenvalue weighted by Crippen LogP contribution is -2.37. The Hall–Kier alpha value is -3.76. The fourth-order valence-corrected chi connectivity index (χ4v) is 3.31. The van der Waals surface area contributed by atoms with Gasteiger partial charge in [-0.3, -0.25) is 19.3 Å². The zero-order chi connectivity index (χ0) is 19.4. The Kier molecular flexibility index (Phi) is 3.44. The normalized spacial score (nSPS) is 14.0. The monoisotopic (exact) mass is 378 g/mol. The number of likely N-dealkylation sites (N-methyl/N-ethyl adjacent to an activating group) is 1. The second kappa shape index (κ2) is 5.87. The van der Waals surface area contributed by atoms with Crippen LogP contribution in [-0.4, -0.2) is 68.9 Å². The lowest BCUT2D eigenvalue weighted by atomic mass is 10.2. The van der Waals surface area contributed by atoms with Crippen LogP contribution in [0, 0.1) is 6.92 Å². The van der Waals surface area contributed by atoms with E-state index in [0.29, 0.717) is 36.1 Å². The van der Waals surface area contributed by atoms with E-state index in [1.807, 2.05) is 20.0 Å². The van der Waals surface area contributed by atoms with Gasteiger partial charge in [0.2, 0.25) is 0 Å². The SMILES string of the molecule is Cc1[nH]ncc1-c1nc(-c2cc3n(n2)CCN(C)C3=O)n(-c2ccnn2C)n1. The summed E-state index contributed by atoms with van der Waals surface area (Å²) >= 11 is 0. The van der Waals surface area contributed by atoms with E-state index < -0.39 is 0 Å². The van der Waals surface area contributed by atoms with Gasteiger partial charge in [-0.2, -0.15) is 20.0 Å². The van der Waals surface area contributed by atoms with E-state index in [1.165, 1.54) is 0 Å². The Bertz CT molecular complexity index is 1190. The van der Waals surface area contributed by atoms with Crippen molar-refractivity contribution in [1.82, 2.24) is 49.4 Å². The van der Waals surface area contributed by atoms with E-state index in [-0.39, 0.29) is 5.91 Å². The fourth-order valence-electron chi connectivity index (χ4n) is 3.31. The molecule has 28 heavy (non-hydrogen) atoms. The number of carbonyl (C=O) groups is 1. The summed E-state index contributed by atoms with van der Waals surface area (Å²) in [6.45, 7) is 3.18. The minimum atomic E-state index is -0.0532. The molecule has 0 saturated heterocycles. The topological polar surface area (TPSA) is 115 Å². The average molecular weight is 378 g/mol. The molecule has 0 unspecified atom stereocenters. The lowest BCUT2D eigenvalue weighted by molar-refractivity contribution is 0.0743. The molecule has 5 heterocycles. The van der Waals surface area contributed by atoms with Crippen LogP contribution in [0.4, 0.5) is 0 Å². The molecule has 0 fully saturated rings. The van der Waals surface area contributed by atoms with Crippen LogP contribution in [-0.2, 0) is 13.6 Å². The van der Waals surface area contributed by atoms with Crippen LogP contribution in [0.2, 0.25) is 0 Å². The molecule has 142 valence electrons.